The van der Waals surface area contributed by atoms with Gasteiger partial charge in [0.15, 0.2) is 5.78 Å². The molecular weight excluding hydrogens is 747 g/mol. The first-order valence-electron chi connectivity index (χ1n) is 16.4. The molecule has 0 atom stereocenters. The van der Waals surface area contributed by atoms with Crippen LogP contribution in [0, 0.1) is 24.8 Å². The van der Waals surface area contributed by atoms with Gasteiger partial charge in [-0.1, -0.05) is 102 Å². The number of hydrogen-bond donors (Lipinski definition) is 1. The van der Waals surface area contributed by atoms with Gasteiger partial charge in [0, 0.05) is 60.9 Å². The second-order valence-corrected chi connectivity index (χ2v) is 12.9. The maximum absolute atomic E-state index is 11.7. The summed E-state index contributed by atoms with van der Waals surface area (Å²) in [5.74, 6) is 1.42. The Morgan fingerprint density at radius 1 is 0.913 bits per heavy atom. The SMILES string of the molecule is CCC(CC)C(=O)/C=C(\O)C(CC)CC.Cc1cnc(-c2[c-]c3ccccc3c(C(C)(C)C)c2)cc1-c1cc2ccccc2o1.[Ir]. The molecule has 0 saturated carbocycles. The molecule has 245 valence electrons. The number of nitrogens with zero attached hydrogens (tertiary/aromatic N) is 1. The van der Waals surface area contributed by atoms with E-state index in [0.717, 1.165) is 70.2 Å². The topological polar surface area (TPSA) is 63.3 Å². The van der Waals surface area contributed by atoms with Crippen LogP contribution in [0.25, 0.3) is 44.3 Å². The Balaban J connectivity index is 0.000000309. The molecule has 0 aliphatic heterocycles. The predicted octanol–water partition coefficient (Wildman–Crippen LogP) is 11.6. The Morgan fingerprint density at radius 3 is 2.17 bits per heavy atom. The number of rotatable bonds is 9. The number of allylic oxidation sites excluding steroid dienone is 2. The largest absolute Gasteiger partial charge is 0.512 e. The summed E-state index contributed by atoms with van der Waals surface area (Å²) in [6.07, 6.45) is 6.83. The van der Waals surface area contributed by atoms with Crippen molar-refractivity contribution in [2.75, 3.05) is 0 Å². The summed E-state index contributed by atoms with van der Waals surface area (Å²) in [5.41, 5.74) is 6.31. The van der Waals surface area contributed by atoms with Gasteiger partial charge < -0.3 is 9.52 Å². The number of aliphatic hydroxyl groups is 1. The monoisotopic (exact) mass is 795 g/mol. The first kappa shape index (κ1) is 36.9. The average molecular weight is 795 g/mol. The number of carbonyl (C=O) groups is 1. The summed E-state index contributed by atoms with van der Waals surface area (Å²) in [6, 6.07) is 26.6. The van der Waals surface area contributed by atoms with Gasteiger partial charge in [0.2, 0.25) is 0 Å². The molecule has 5 rings (SSSR count). The zero-order chi connectivity index (χ0) is 32.7. The summed E-state index contributed by atoms with van der Waals surface area (Å²) in [6.45, 7) is 16.9. The number of carbonyl (C=O) groups excluding carboxylic acids is 1. The van der Waals surface area contributed by atoms with E-state index in [-0.39, 0.29) is 48.9 Å². The molecule has 2 heterocycles. The van der Waals surface area contributed by atoms with Crippen molar-refractivity contribution >= 4 is 27.5 Å². The van der Waals surface area contributed by atoms with Gasteiger partial charge in [-0.15, -0.1) is 29.1 Å². The quantitative estimate of drug-likeness (QED) is 0.0917. The van der Waals surface area contributed by atoms with Gasteiger partial charge in [0.25, 0.3) is 0 Å². The van der Waals surface area contributed by atoms with Crippen LogP contribution in [-0.2, 0) is 30.3 Å². The number of furan rings is 1. The van der Waals surface area contributed by atoms with E-state index in [1.807, 2.05) is 52.1 Å². The number of pyridine rings is 1. The van der Waals surface area contributed by atoms with E-state index in [2.05, 4.69) is 82.3 Å². The van der Waals surface area contributed by atoms with Crippen molar-refractivity contribution in [2.24, 2.45) is 11.8 Å². The summed E-state index contributed by atoms with van der Waals surface area (Å²) < 4.78 is 6.14. The van der Waals surface area contributed by atoms with Gasteiger partial charge in [-0.05, 0) is 55.7 Å². The molecule has 0 spiro atoms. The number of para-hydroxylation sites is 1. The zero-order valence-corrected chi connectivity index (χ0v) is 30.9. The Morgan fingerprint density at radius 2 is 1.54 bits per heavy atom. The summed E-state index contributed by atoms with van der Waals surface area (Å²) in [5, 5.41) is 13.2. The third kappa shape index (κ3) is 8.63. The molecule has 0 amide bonds. The Labute approximate surface area is 288 Å². The molecule has 0 aliphatic rings. The van der Waals surface area contributed by atoms with Crippen molar-refractivity contribution in [3.05, 3.63) is 102 Å². The number of hydrogen-bond acceptors (Lipinski definition) is 4. The molecule has 46 heavy (non-hydrogen) atoms. The number of ketones is 1. The van der Waals surface area contributed by atoms with Crippen LogP contribution in [0.15, 0.2) is 89.2 Å². The first-order valence-corrected chi connectivity index (χ1v) is 16.4. The van der Waals surface area contributed by atoms with Gasteiger partial charge in [-0.25, -0.2) is 0 Å². The predicted molar refractivity (Wildman–Crippen MR) is 189 cm³/mol. The normalized spacial score (nSPS) is 11.9. The summed E-state index contributed by atoms with van der Waals surface area (Å²) >= 11 is 0. The van der Waals surface area contributed by atoms with Crippen LogP contribution >= 0.6 is 0 Å². The molecule has 4 nitrogen and oxygen atoms in total. The fourth-order valence-electron chi connectivity index (χ4n) is 5.82. The minimum Gasteiger partial charge on any atom is -0.512 e. The molecule has 0 bridgehead atoms. The van der Waals surface area contributed by atoms with Gasteiger partial charge >= 0.3 is 0 Å². The van der Waals surface area contributed by atoms with Crippen LogP contribution in [0.2, 0.25) is 0 Å². The van der Waals surface area contributed by atoms with E-state index >= 15 is 0 Å². The van der Waals surface area contributed by atoms with Crippen molar-refractivity contribution in [3.63, 3.8) is 0 Å². The molecule has 0 aliphatic carbocycles. The van der Waals surface area contributed by atoms with E-state index in [4.69, 9.17) is 9.40 Å². The molecule has 1 radical (unpaired) electrons. The minimum absolute atomic E-state index is 0. The third-order valence-corrected chi connectivity index (χ3v) is 8.74. The Kier molecular flexibility index (Phi) is 13.1. The smallest absolute Gasteiger partial charge is 0.162 e. The van der Waals surface area contributed by atoms with Crippen LogP contribution < -0.4 is 0 Å². The number of benzene rings is 3. The second-order valence-electron chi connectivity index (χ2n) is 12.9. The van der Waals surface area contributed by atoms with Crippen LogP contribution in [0.1, 0.15) is 85.3 Å². The third-order valence-electron chi connectivity index (χ3n) is 8.74. The molecule has 0 unspecified atom stereocenters. The molecule has 1 N–H and O–H groups in total. The maximum atomic E-state index is 11.7. The van der Waals surface area contributed by atoms with Crippen LogP contribution in [-0.4, -0.2) is 15.9 Å². The van der Waals surface area contributed by atoms with E-state index in [0.29, 0.717) is 0 Å². The molecule has 5 heteroatoms. The number of aryl methyl sites for hydroxylation is 1. The molecule has 3 aromatic carbocycles. The van der Waals surface area contributed by atoms with E-state index < -0.39 is 0 Å². The fraction of sp³-hybridized carbons (Fsp3) is 0.366. The zero-order valence-electron chi connectivity index (χ0n) is 28.5. The van der Waals surface area contributed by atoms with Crippen LogP contribution in [0.4, 0.5) is 0 Å². The Bertz CT molecular complexity index is 1750. The van der Waals surface area contributed by atoms with Crippen molar-refractivity contribution in [1.29, 1.82) is 0 Å². The van der Waals surface area contributed by atoms with Crippen molar-refractivity contribution < 1.29 is 34.4 Å². The molecule has 0 fully saturated rings. The van der Waals surface area contributed by atoms with Gasteiger partial charge in [0.05, 0.1) is 5.76 Å². The standard InChI is InChI=1S/C28H24NO.C13H24O2.Ir/c1-18-17-29-25(16-23(18)27-15-20-10-6-8-12-26(20)30-27)21-13-19-9-5-7-11-22(19)24(14-21)28(2,3)4;1-5-10(6-2)12(14)9-13(15)11(7-3)8-4;/h5-12,14-17H,1-4H3;9-11,14H,5-8H2,1-4H3;/q-1;;/b;12-9-;. The van der Waals surface area contributed by atoms with Crippen molar-refractivity contribution in [2.45, 2.75) is 86.5 Å². The van der Waals surface area contributed by atoms with Gasteiger partial charge in [0.1, 0.15) is 11.3 Å². The van der Waals surface area contributed by atoms with Crippen LogP contribution in [0.5, 0.6) is 0 Å². The fourth-order valence-corrected chi connectivity index (χ4v) is 5.82. The molecule has 0 saturated heterocycles. The Hall–Kier alpha value is -3.53. The van der Waals surface area contributed by atoms with E-state index in [1.54, 1.807) is 0 Å². The first-order chi connectivity index (χ1) is 21.5. The number of fused-ring (bicyclic) bond motifs is 2. The molecule has 5 aromatic rings. The van der Waals surface area contributed by atoms with E-state index in [1.165, 1.54) is 17.0 Å². The second kappa shape index (κ2) is 16.3. The maximum Gasteiger partial charge on any atom is 0.162 e. The van der Waals surface area contributed by atoms with E-state index in [9.17, 15) is 9.90 Å². The van der Waals surface area contributed by atoms with Crippen molar-refractivity contribution in [1.82, 2.24) is 4.98 Å². The molecule has 2 aromatic heterocycles. The molecular formula is C41H48IrNO3-. The van der Waals surface area contributed by atoms with Gasteiger partial charge in [-0.3, -0.25) is 9.78 Å². The summed E-state index contributed by atoms with van der Waals surface area (Å²) in [7, 11) is 0. The average Bonchev–Trinajstić information content (AvgIpc) is 3.46. The van der Waals surface area contributed by atoms with Gasteiger partial charge in [-0.2, -0.15) is 0 Å². The van der Waals surface area contributed by atoms with Crippen molar-refractivity contribution in [3.8, 4) is 22.6 Å². The summed E-state index contributed by atoms with van der Waals surface area (Å²) in [4.78, 5) is 16.5. The number of aromatic nitrogens is 1. The number of aliphatic hydroxyl groups excluding tert-OH is 1. The minimum atomic E-state index is 0. The van der Waals surface area contributed by atoms with Crippen LogP contribution in [0.3, 0.4) is 0 Å².